The minimum atomic E-state index is -4.53. The molecule has 2 rings (SSSR count). The molecule has 0 heterocycles. The molecule has 2 aromatic rings. The molecule has 36 heavy (non-hydrogen) atoms. The van der Waals surface area contributed by atoms with E-state index >= 15 is 0 Å². The van der Waals surface area contributed by atoms with E-state index in [9.17, 15) is 23.1 Å². The second-order valence-corrected chi connectivity index (χ2v) is 10.1. The molecular weight excluding hydrogens is 497 g/mol. The van der Waals surface area contributed by atoms with Crippen LogP contribution < -0.4 is 14.2 Å². The SMILES string of the molecule is CC[C@@](C)(Oc1ccc(OCCOc2cc(C)c(/C(=C\C(C)(C)C)C(F)(F)F)cc2Cl)cc1)C(=O)O. The summed E-state index contributed by atoms with van der Waals surface area (Å²) < 4.78 is 58.0. The summed E-state index contributed by atoms with van der Waals surface area (Å²) in [6, 6.07) is 9.25. The Morgan fingerprint density at radius 3 is 2.06 bits per heavy atom. The fourth-order valence-electron chi connectivity index (χ4n) is 3.24. The summed E-state index contributed by atoms with van der Waals surface area (Å²) in [5, 5.41) is 9.39. The van der Waals surface area contributed by atoms with Crippen LogP contribution in [0, 0.1) is 12.3 Å². The van der Waals surface area contributed by atoms with Gasteiger partial charge in [-0.25, -0.2) is 4.79 Å². The zero-order valence-electron chi connectivity index (χ0n) is 21.3. The Bertz CT molecular complexity index is 1090. The highest BCUT2D eigenvalue weighted by atomic mass is 35.5. The Morgan fingerprint density at radius 1 is 1.00 bits per heavy atom. The van der Waals surface area contributed by atoms with Crippen molar-refractivity contribution in [2.45, 2.75) is 59.7 Å². The van der Waals surface area contributed by atoms with E-state index in [4.69, 9.17) is 25.8 Å². The van der Waals surface area contributed by atoms with Crippen LogP contribution in [0.1, 0.15) is 52.2 Å². The lowest BCUT2D eigenvalue weighted by Gasteiger charge is -2.24. The number of ether oxygens (including phenoxy) is 3. The third kappa shape index (κ3) is 8.08. The maximum Gasteiger partial charge on any atom is 0.416 e. The maximum absolute atomic E-state index is 13.7. The summed E-state index contributed by atoms with van der Waals surface area (Å²) in [5.74, 6) is 0.116. The van der Waals surface area contributed by atoms with Crippen LogP contribution in [-0.4, -0.2) is 36.1 Å². The molecule has 1 atom stereocenters. The van der Waals surface area contributed by atoms with E-state index in [-0.39, 0.29) is 29.5 Å². The monoisotopic (exact) mass is 528 g/mol. The predicted molar refractivity (Wildman–Crippen MR) is 134 cm³/mol. The third-order valence-electron chi connectivity index (χ3n) is 5.36. The van der Waals surface area contributed by atoms with Crippen molar-refractivity contribution in [2.24, 2.45) is 5.41 Å². The van der Waals surface area contributed by atoms with Crippen molar-refractivity contribution < 1.29 is 37.3 Å². The molecule has 0 spiro atoms. The van der Waals surface area contributed by atoms with Crippen molar-refractivity contribution in [3.05, 3.63) is 58.6 Å². The number of hydrogen-bond donors (Lipinski definition) is 1. The average molecular weight is 529 g/mol. The molecule has 0 amide bonds. The number of carboxylic acid groups (broad SMARTS) is 1. The topological polar surface area (TPSA) is 65.0 Å². The van der Waals surface area contributed by atoms with Gasteiger partial charge >= 0.3 is 12.1 Å². The summed E-state index contributed by atoms with van der Waals surface area (Å²) in [6.07, 6.45) is -3.03. The number of carboxylic acids is 1. The van der Waals surface area contributed by atoms with Gasteiger partial charge in [0, 0.05) is 0 Å². The predicted octanol–water partition coefficient (Wildman–Crippen LogP) is 7.73. The molecule has 0 saturated heterocycles. The number of aryl methyl sites for hydroxylation is 1. The van der Waals surface area contributed by atoms with Crippen LogP contribution in [0.25, 0.3) is 5.57 Å². The van der Waals surface area contributed by atoms with E-state index in [2.05, 4.69) is 0 Å². The maximum atomic E-state index is 13.7. The number of allylic oxidation sites excluding steroid dienone is 2. The van der Waals surface area contributed by atoms with Gasteiger partial charge in [-0.15, -0.1) is 0 Å². The standard InChI is InChI=1S/C27H32ClF3O5/c1-7-26(6,24(32)33)36-19-10-8-18(9-11-19)34-12-13-35-23-14-17(2)20(15-22(23)28)21(27(29,30)31)16-25(3,4)5/h8-11,14-16H,7,12-13H2,1-6H3,(H,32,33)/b21-16+/t26-/m1/s1. The van der Waals surface area contributed by atoms with Gasteiger partial charge in [-0.2, -0.15) is 13.2 Å². The van der Waals surface area contributed by atoms with E-state index in [1.807, 2.05) is 0 Å². The minimum Gasteiger partial charge on any atom is -0.490 e. The van der Waals surface area contributed by atoms with Crippen LogP contribution in [-0.2, 0) is 4.79 Å². The molecule has 2 aromatic carbocycles. The number of alkyl halides is 3. The van der Waals surface area contributed by atoms with Gasteiger partial charge in [0.15, 0.2) is 0 Å². The average Bonchev–Trinajstić information content (AvgIpc) is 2.76. The number of hydrogen-bond acceptors (Lipinski definition) is 4. The lowest BCUT2D eigenvalue weighted by Crippen LogP contribution is -2.40. The van der Waals surface area contributed by atoms with Crippen LogP contribution >= 0.6 is 11.6 Å². The highest BCUT2D eigenvalue weighted by Gasteiger charge is 2.37. The van der Waals surface area contributed by atoms with Crippen molar-refractivity contribution in [3.63, 3.8) is 0 Å². The molecule has 0 aromatic heterocycles. The molecular formula is C27H32ClF3O5. The quantitative estimate of drug-likeness (QED) is 0.320. The molecule has 5 nitrogen and oxygen atoms in total. The smallest absolute Gasteiger partial charge is 0.416 e. The molecule has 0 radical (unpaired) electrons. The van der Waals surface area contributed by atoms with Crippen molar-refractivity contribution in [2.75, 3.05) is 13.2 Å². The third-order valence-corrected chi connectivity index (χ3v) is 5.65. The van der Waals surface area contributed by atoms with Crippen LogP contribution in [0.15, 0.2) is 42.5 Å². The summed E-state index contributed by atoms with van der Waals surface area (Å²) in [6.45, 7) is 10.2. The second-order valence-electron chi connectivity index (χ2n) is 9.68. The summed E-state index contributed by atoms with van der Waals surface area (Å²) in [5.41, 5.74) is -2.34. The Balaban J connectivity index is 2.03. The Hall–Kier alpha value is -2.87. The highest BCUT2D eigenvalue weighted by Crippen LogP contribution is 2.41. The number of carbonyl (C=O) groups is 1. The van der Waals surface area contributed by atoms with Gasteiger partial charge in [0.05, 0.1) is 10.6 Å². The summed E-state index contributed by atoms with van der Waals surface area (Å²) >= 11 is 6.25. The van der Waals surface area contributed by atoms with Crippen molar-refractivity contribution in [3.8, 4) is 17.2 Å². The second kappa shape index (κ2) is 11.5. The van der Waals surface area contributed by atoms with Gasteiger partial charge in [0.2, 0.25) is 5.60 Å². The van der Waals surface area contributed by atoms with E-state index in [0.29, 0.717) is 23.5 Å². The minimum absolute atomic E-state index is 0.00963. The van der Waals surface area contributed by atoms with Crippen LogP contribution in [0.2, 0.25) is 5.02 Å². The number of rotatable bonds is 10. The van der Waals surface area contributed by atoms with Crippen LogP contribution in [0.3, 0.4) is 0 Å². The molecule has 0 aliphatic rings. The first-order chi connectivity index (χ1) is 16.6. The van der Waals surface area contributed by atoms with Crippen LogP contribution in [0.5, 0.6) is 17.2 Å². The molecule has 9 heteroatoms. The first kappa shape index (κ1) is 29.4. The molecule has 0 fully saturated rings. The zero-order valence-corrected chi connectivity index (χ0v) is 22.0. The Morgan fingerprint density at radius 2 is 1.56 bits per heavy atom. The van der Waals surface area contributed by atoms with Gasteiger partial charge in [-0.05, 0) is 73.2 Å². The highest BCUT2D eigenvalue weighted by molar-refractivity contribution is 6.32. The molecule has 0 aliphatic heterocycles. The van der Waals surface area contributed by atoms with Crippen molar-refractivity contribution in [1.82, 2.24) is 0 Å². The van der Waals surface area contributed by atoms with Gasteiger partial charge in [0.25, 0.3) is 0 Å². The molecule has 0 aliphatic carbocycles. The van der Waals surface area contributed by atoms with E-state index in [1.165, 1.54) is 25.1 Å². The summed E-state index contributed by atoms with van der Waals surface area (Å²) in [7, 11) is 0. The fourth-order valence-corrected chi connectivity index (χ4v) is 3.46. The number of aliphatic carboxylic acids is 1. The van der Waals surface area contributed by atoms with E-state index in [1.54, 1.807) is 58.9 Å². The fraction of sp³-hybridized carbons (Fsp3) is 0.444. The van der Waals surface area contributed by atoms with Gasteiger partial charge in [0.1, 0.15) is 30.5 Å². The van der Waals surface area contributed by atoms with Gasteiger partial charge < -0.3 is 19.3 Å². The van der Waals surface area contributed by atoms with Crippen molar-refractivity contribution >= 4 is 23.1 Å². The first-order valence-corrected chi connectivity index (χ1v) is 11.8. The van der Waals surface area contributed by atoms with Gasteiger partial charge in [-0.1, -0.05) is 45.4 Å². The normalized spacial score (nSPS) is 14.2. The van der Waals surface area contributed by atoms with E-state index in [0.717, 1.165) is 0 Å². The largest absolute Gasteiger partial charge is 0.490 e. The van der Waals surface area contributed by atoms with Crippen molar-refractivity contribution in [1.29, 1.82) is 0 Å². The zero-order chi connectivity index (χ0) is 27.3. The lowest BCUT2D eigenvalue weighted by molar-refractivity contribution is -0.154. The molecule has 1 N–H and O–H groups in total. The Kier molecular flexibility index (Phi) is 9.34. The lowest BCUT2D eigenvalue weighted by atomic mass is 9.89. The molecule has 0 unspecified atom stereocenters. The van der Waals surface area contributed by atoms with E-state index < -0.39 is 28.7 Å². The number of benzene rings is 2. The summed E-state index contributed by atoms with van der Waals surface area (Å²) in [4.78, 5) is 11.4. The molecule has 198 valence electrons. The molecule has 0 saturated carbocycles. The first-order valence-electron chi connectivity index (χ1n) is 11.4. The van der Waals surface area contributed by atoms with Gasteiger partial charge in [-0.3, -0.25) is 0 Å². The number of halogens is 4. The Labute approximate surface area is 214 Å². The van der Waals surface area contributed by atoms with Crippen LogP contribution in [0.4, 0.5) is 13.2 Å². The molecule has 0 bridgehead atoms.